The number of hydrazone groups is 1. The molecule has 2 N–H and O–H groups in total. The maximum Gasteiger partial charge on any atom is 0.343 e. The Hall–Kier alpha value is -4.61. The highest BCUT2D eigenvalue weighted by atomic mass is 79.9. The van der Waals surface area contributed by atoms with Crippen LogP contribution in [0.4, 0.5) is 10.1 Å². The van der Waals surface area contributed by atoms with Gasteiger partial charge < -0.3 is 15.0 Å². The van der Waals surface area contributed by atoms with Gasteiger partial charge in [0, 0.05) is 35.4 Å². The van der Waals surface area contributed by atoms with E-state index < -0.39 is 23.6 Å². The molecular weight excluding hydrogens is 683 g/mol. The maximum atomic E-state index is 13.6. The summed E-state index contributed by atoms with van der Waals surface area (Å²) in [5, 5.41) is 6.70. The fraction of sp³-hybridized carbons (Fsp3) is 0.0625. The quantitative estimate of drug-likeness (QED) is 0.0676. The summed E-state index contributed by atoms with van der Waals surface area (Å²) in [7, 11) is 3.83. The van der Waals surface area contributed by atoms with E-state index in [4.69, 9.17) is 4.74 Å². The van der Waals surface area contributed by atoms with Crippen molar-refractivity contribution >= 4 is 67.6 Å². The van der Waals surface area contributed by atoms with E-state index in [1.807, 2.05) is 43.3 Å². The van der Waals surface area contributed by atoms with Crippen molar-refractivity contribution in [3.63, 3.8) is 0 Å². The second kappa shape index (κ2) is 14.5. The Kier molecular flexibility index (Phi) is 10.6. The molecule has 0 aromatic heterocycles. The van der Waals surface area contributed by atoms with Gasteiger partial charge in [-0.05, 0) is 82.2 Å². The first kappa shape index (κ1) is 31.3. The Balaban J connectivity index is 1.58. The van der Waals surface area contributed by atoms with Gasteiger partial charge in [0.15, 0.2) is 5.75 Å². The molecule has 0 fully saturated rings. The third-order valence-corrected chi connectivity index (χ3v) is 6.96. The summed E-state index contributed by atoms with van der Waals surface area (Å²) in [6.45, 7) is 0. The number of benzene rings is 4. The van der Waals surface area contributed by atoms with E-state index in [0.29, 0.717) is 25.6 Å². The number of halogens is 3. The number of nitrogens with zero attached hydrogens (tertiary/aromatic N) is 2. The van der Waals surface area contributed by atoms with E-state index in [0.717, 1.165) is 11.8 Å². The zero-order valence-electron chi connectivity index (χ0n) is 23.0. The summed E-state index contributed by atoms with van der Waals surface area (Å²) >= 11 is 6.75. The highest BCUT2D eigenvalue weighted by Crippen LogP contribution is 2.32. The van der Waals surface area contributed by atoms with Gasteiger partial charge in [-0.1, -0.05) is 52.3 Å². The third kappa shape index (κ3) is 8.69. The molecule has 43 heavy (non-hydrogen) atoms. The van der Waals surface area contributed by atoms with Crippen LogP contribution < -0.4 is 20.4 Å². The first-order valence-electron chi connectivity index (χ1n) is 12.8. The van der Waals surface area contributed by atoms with Crippen molar-refractivity contribution in [1.82, 2.24) is 10.7 Å². The topological polar surface area (TPSA) is 100 Å². The van der Waals surface area contributed by atoms with Gasteiger partial charge >= 0.3 is 5.97 Å². The Morgan fingerprint density at radius 2 is 1.58 bits per heavy atom. The lowest BCUT2D eigenvalue weighted by molar-refractivity contribution is -0.117. The van der Waals surface area contributed by atoms with Crippen LogP contribution in [0, 0.1) is 5.82 Å². The zero-order valence-corrected chi connectivity index (χ0v) is 26.1. The molecule has 0 saturated carbocycles. The molecule has 0 atom stereocenters. The fourth-order valence-electron chi connectivity index (χ4n) is 3.75. The van der Waals surface area contributed by atoms with Gasteiger partial charge in [-0.15, -0.1) is 0 Å². The van der Waals surface area contributed by atoms with Crippen molar-refractivity contribution in [2.24, 2.45) is 5.10 Å². The molecular formula is C32H25Br2FN4O4. The normalized spacial score (nSPS) is 11.2. The van der Waals surface area contributed by atoms with Gasteiger partial charge in [0.05, 0.1) is 16.3 Å². The molecule has 0 radical (unpaired) electrons. The number of amides is 2. The molecule has 0 bridgehead atoms. The van der Waals surface area contributed by atoms with Gasteiger partial charge in [0.25, 0.3) is 11.8 Å². The summed E-state index contributed by atoms with van der Waals surface area (Å²) in [5.41, 5.74) is 4.73. The number of carbonyl (C=O) groups excluding carboxylic acids is 3. The highest BCUT2D eigenvalue weighted by molar-refractivity contribution is 9.11. The molecule has 0 heterocycles. The Bertz CT molecular complexity index is 1710. The van der Waals surface area contributed by atoms with Gasteiger partial charge in [-0.25, -0.2) is 14.6 Å². The predicted octanol–water partition coefficient (Wildman–Crippen LogP) is 6.56. The number of anilines is 1. The number of carbonyl (C=O) groups is 3. The van der Waals surface area contributed by atoms with E-state index in [-0.39, 0.29) is 17.0 Å². The van der Waals surface area contributed by atoms with Crippen LogP contribution in [0.2, 0.25) is 0 Å². The Morgan fingerprint density at radius 1 is 0.884 bits per heavy atom. The van der Waals surface area contributed by atoms with Crippen LogP contribution in [0.25, 0.3) is 6.08 Å². The molecule has 218 valence electrons. The maximum absolute atomic E-state index is 13.6. The van der Waals surface area contributed by atoms with Gasteiger partial charge in [0.1, 0.15) is 11.5 Å². The van der Waals surface area contributed by atoms with E-state index >= 15 is 0 Å². The molecule has 11 heteroatoms. The molecule has 0 aliphatic carbocycles. The molecule has 0 unspecified atom stereocenters. The average Bonchev–Trinajstić information content (AvgIpc) is 2.99. The lowest BCUT2D eigenvalue weighted by Gasteiger charge is -2.13. The zero-order chi connectivity index (χ0) is 30.9. The Morgan fingerprint density at radius 3 is 2.26 bits per heavy atom. The van der Waals surface area contributed by atoms with E-state index in [9.17, 15) is 18.8 Å². The number of ether oxygens (including phenoxy) is 1. The largest absolute Gasteiger partial charge is 0.421 e. The molecule has 0 aliphatic heterocycles. The minimum Gasteiger partial charge on any atom is -0.421 e. The number of rotatable bonds is 9. The van der Waals surface area contributed by atoms with Crippen molar-refractivity contribution in [1.29, 1.82) is 0 Å². The second-order valence-corrected chi connectivity index (χ2v) is 11.0. The van der Waals surface area contributed by atoms with Crippen molar-refractivity contribution in [3.05, 3.63) is 134 Å². The first-order valence-corrected chi connectivity index (χ1v) is 14.3. The number of hydrogen-bond acceptors (Lipinski definition) is 6. The molecule has 0 saturated heterocycles. The molecule has 2 amide bonds. The van der Waals surface area contributed by atoms with Gasteiger partial charge in [-0.3, -0.25) is 9.59 Å². The molecule has 4 aromatic rings. The first-order chi connectivity index (χ1) is 20.6. The molecule has 4 rings (SSSR count). The van der Waals surface area contributed by atoms with Crippen molar-refractivity contribution in [2.75, 3.05) is 19.0 Å². The molecule has 8 nitrogen and oxygen atoms in total. The second-order valence-electron chi connectivity index (χ2n) is 9.27. The van der Waals surface area contributed by atoms with Crippen molar-refractivity contribution in [2.45, 2.75) is 0 Å². The fourth-order valence-corrected chi connectivity index (χ4v) is 5.09. The van der Waals surface area contributed by atoms with Gasteiger partial charge in [0.2, 0.25) is 0 Å². The summed E-state index contributed by atoms with van der Waals surface area (Å²) < 4.78 is 20.2. The molecule has 0 aliphatic rings. The summed E-state index contributed by atoms with van der Waals surface area (Å²) in [4.78, 5) is 40.8. The lowest BCUT2D eigenvalue weighted by atomic mass is 10.1. The standard InChI is InChI=1S/C32H25Br2FN4O4/c1-39(2)26-13-11-20(12-14-26)15-28(37-30(40)21-7-4-3-5-8-21)31(41)38-36-19-23-16-24(33)18-27(34)29(23)43-32(42)22-9-6-10-25(35)17-22/h3-19H,1-2H3,(H,37,40)(H,38,41)/b28-15-,36-19+. The lowest BCUT2D eigenvalue weighted by Crippen LogP contribution is -2.32. The van der Waals surface area contributed by atoms with Crippen LogP contribution in [-0.4, -0.2) is 38.1 Å². The van der Waals surface area contributed by atoms with Gasteiger partial charge in [-0.2, -0.15) is 5.10 Å². The SMILES string of the molecule is CN(C)c1ccc(/C=C(\NC(=O)c2ccccc2)C(=O)N/N=C/c2cc(Br)cc(Br)c2OC(=O)c2cccc(F)c2)cc1. The number of hydrogen-bond donors (Lipinski definition) is 2. The van der Waals surface area contributed by atoms with E-state index in [1.165, 1.54) is 30.5 Å². The smallest absolute Gasteiger partial charge is 0.343 e. The van der Waals surface area contributed by atoms with Crippen LogP contribution >= 0.6 is 31.9 Å². The average molecular weight is 708 g/mol. The van der Waals surface area contributed by atoms with E-state index in [1.54, 1.807) is 42.5 Å². The summed E-state index contributed by atoms with van der Waals surface area (Å²) in [5.74, 6) is -2.42. The Labute approximate surface area is 264 Å². The molecule has 0 spiro atoms. The minimum absolute atomic E-state index is 0.0218. The number of esters is 1. The van der Waals surface area contributed by atoms with Crippen LogP contribution in [0.1, 0.15) is 31.8 Å². The van der Waals surface area contributed by atoms with E-state index in [2.05, 4.69) is 47.7 Å². The summed E-state index contributed by atoms with van der Waals surface area (Å²) in [6.07, 6.45) is 2.82. The van der Waals surface area contributed by atoms with Crippen LogP contribution in [0.3, 0.4) is 0 Å². The predicted molar refractivity (Wildman–Crippen MR) is 172 cm³/mol. The molecule has 4 aromatic carbocycles. The summed E-state index contributed by atoms with van der Waals surface area (Å²) in [6, 6.07) is 24.3. The van der Waals surface area contributed by atoms with Crippen LogP contribution in [-0.2, 0) is 4.79 Å². The highest BCUT2D eigenvalue weighted by Gasteiger charge is 2.17. The monoisotopic (exact) mass is 706 g/mol. The van der Waals surface area contributed by atoms with Crippen molar-refractivity contribution < 1.29 is 23.5 Å². The third-order valence-electron chi connectivity index (χ3n) is 5.91. The number of nitrogens with one attached hydrogen (secondary N) is 2. The van der Waals surface area contributed by atoms with Crippen LogP contribution in [0.5, 0.6) is 5.75 Å². The van der Waals surface area contributed by atoms with Crippen LogP contribution in [0.15, 0.2) is 111 Å². The minimum atomic E-state index is -0.782. The van der Waals surface area contributed by atoms with Crippen molar-refractivity contribution in [3.8, 4) is 5.75 Å².